The Morgan fingerprint density at radius 3 is 2.70 bits per heavy atom. The van der Waals surface area contributed by atoms with E-state index in [1.54, 1.807) is 6.08 Å². The lowest BCUT2D eigenvalue weighted by Gasteiger charge is -1.91. The second-order valence-electron chi connectivity index (χ2n) is 1.50. The predicted molar refractivity (Wildman–Crippen MR) is 39.2 cm³/mol. The van der Waals surface area contributed by atoms with Crippen molar-refractivity contribution in [2.45, 2.75) is 6.92 Å². The molecule has 0 aromatic heterocycles. The molecule has 10 heavy (non-hydrogen) atoms. The SMILES string of the molecule is CCOCC=CCOP=O. The maximum Gasteiger partial charge on any atom is 0.327 e. The van der Waals surface area contributed by atoms with Gasteiger partial charge in [-0.25, -0.2) is 4.57 Å². The van der Waals surface area contributed by atoms with E-state index < -0.39 is 0 Å². The highest BCUT2D eigenvalue weighted by Gasteiger charge is 1.77. The maximum atomic E-state index is 9.70. The van der Waals surface area contributed by atoms with Gasteiger partial charge in [-0.3, -0.25) is 4.52 Å². The van der Waals surface area contributed by atoms with Crippen molar-refractivity contribution in [2.75, 3.05) is 19.8 Å². The first-order chi connectivity index (χ1) is 4.91. The van der Waals surface area contributed by atoms with E-state index in [2.05, 4.69) is 4.52 Å². The summed E-state index contributed by atoms with van der Waals surface area (Å²) in [5.74, 6) is 0. The Kier molecular flexibility index (Phi) is 8.55. The van der Waals surface area contributed by atoms with E-state index in [-0.39, 0.29) is 8.69 Å². The Morgan fingerprint density at radius 2 is 2.10 bits per heavy atom. The van der Waals surface area contributed by atoms with Crippen molar-refractivity contribution in [1.29, 1.82) is 0 Å². The molecule has 0 amide bonds. The van der Waals surface area contributed by atoms with Crippen molar-refractivity contribution >= 4 is 8.69 Å². The number of hydrogen-bond donors (Lipinski definition) is 0. The minimum Gasteiger partial charge on any atom is -0.378 e. The monoisotopic (exact) mass is 162 g/mol. The van der Waals surface area contributed by atoms with Gasteiger partial charge in [0.1, 0.15) is 0 Å². The minimum absolute atomic E-state index is 0.274. The van der Waals surface area contributed by atoms with Gasteiger partial charge in [-0.15, -0.1) is 0 Å². The summed E-state index contributed by atoms with van der Waals surface area (Å²) in [6.45, 7) is 3.61. The van der Waals surface area contributed by atoms with Gasteiger partial charge in [0.15, 0.2) is 0 Å². The number of rotatable bonds is 6. The normalized spacial score (nSPS) is 11.3. The van der Waals surface area contributed by atoms with Crippen LogP contribution in [0.1, 0.15) is 6.92 Å². The molecule has 0 heterocycles. The highest BCUT2D eigenvalue weighted by Crippen LogP contribution is 1.92. The van der Waals surface area contributed by atoms with Crippen LogP contribution in [0.25, 0.3) is 0 Å². The van der Waals surface area contributed by atoms with Crippen LogP contribution in [0.15, 0.2) is 12.2 Å². The maximum absolute atomic E-state index is 9.70. The largest absolute Gasteiger partial charge is 0.378 e. The first kappa shape index (κ1) is 9.76. The quantitative estimate of drug-likeness (QED) is 0.339. The molecule has 0 aromatic carbocycles. The Hall–Kier alpha value is -0.240. The van der Waals surface area contributed by atoms with Crippen molar-refractivity contribution in [2.24, 2.45) is 0 Å². The predicted octanol–water partition coefficient (Wildman–Crippen LogP) is 1.80. The van der Waals surface area contributed by atoms with Crippen LogP contribution in [-0.2, 0) is 13.8 Å². The van der Waals surface area contributed by atoms with Gasteiger partial charge in [0, 0.05) is 6.61 Å². The molecule has 0 fully saturated rings. The van der Waals surface area contributed by atoms with Gasteiger partial charge < -0.3 is 4.74 Å². The zero-order chi connectivity index (χ0) is 7.66. The van der Waals surface area contributed by atoms with E-state index in [9.17, 15) is 4.57 Å². The van der Waals surface area contributed by atoms with Crippen molar-refractivity contribution < 1.29 is 13.8 Å². The minimum atomic E-state index is -0.274. The molecule has 0 rings (SSSR count). The van der Waals surface area contributed by atoms with Gasteiger partial charge in [-0.2, -0.15) is 0 Å². The van der Waals surface area contributed by atoms with Gasteiger partial charge in [-0.1, -0.05) is 12.2 Å². The first-order valence-corrected chi connectivity index (χ1v) is 3.82. The lowest BCUT2D eigenvalue weighted by molar-refractivity contribution is 0.177. The van der Waals surface area contributed by atoms with Crippen LogP contribution in [0, 0.1) is 0 Å². The highest BCUT2D eigenvalue weighted by atomic mass is 31.1. The summed E-state index contributed by atoms with van der Waals surface area (Å²) in [4.78, 5) is 0. The fourth-order valence-electron chi connectivity index (χ4n) is 0.395. The fourth-order valence-corrected chi connectivity index (χ4v) is 0.542. The zero-order valence-electron chi connectivity index (χ0n) is 5.95. The van der Waals surface area contributed by atoms with E-state index in [1.807, 2.05) is 13.0 Å². The molecule has 0 aliphatic heterocycles. The summed E-state index contributed by atoms with van der Waals surface area (Å²) in [6.07, 6.45) is 3.59. The first-order valence-electron chi connectivity index (χ1n) is 3.09. The van der Waals surface area contributed by atoms with Crippen LogP contribution in [0.4, 0.5) is 0 Å². The Balaban J connectivity index is 2.96. The van der Waals surface area contributed by atoms with Crippen molar-refractivity contribution in [3.05, 3.63) is 12.2 Å². The second kappa shape index (κ2) is 8.76. The molecular weight excluding hydrogens is 151 g/mol. The Bertz CT molecular complexity index is 103. The molecule has 0 aliphatic carbocycles. The molecule has 0 saturated heterocycles. The zero-order valence-corrected chi connectivity index (χ0v) is 6.84. The van der Waals surface area contributed by atoms with Gasteiger partial charge >= 0.3 is 8.69 Å². The smallest absolute Gasteiger partial charge is 0.327 e. The third-order valence-corrected chi connectivity index (χ3v) is 1.06. The molecule has 0 saturated carbocycles. The van der Waals surface area contributed by atoms with Crippen LogP contribution in [0.5, 0.6) is 0 Å². The molecule has 0 aromatic rings. The van der Waals surface area contributed by atoms with Gasteiger partial charge in [0.2, 0.25) is 0 Å². The lowest BCUT2D eigenvalue weighted by Crippen LogP contribution is -1.88. The van der Waals surface area contributed by atoms with Crippen molar-refractivity contribution in [3.8, 4) is 0 Å². The molecule has 58 valence electrons. The lowest BCUT2D eigenvalue weighted by atomic mass is 10.5. The number of hydrogen-bond acceptors (Lipinski definition) is 3. The van der Waals surface area contributed by atoms with Crippen LogP contribution < -0.4 is 0 Å². The van der Waals surface area contributed by atoms with Crippen molar-refractivity contribution in [3.63, 3.8) is 0 Å². The third kappa shape index (κ3) is 7.76. The van der Waals surface area contributed by atoms with E-state index >= 15 is 0 Å². The van der Waals surface area contributed by atoms with E-state index in [1.165, 1.54) is 0 Å². The fraction of sp³-hybridized carbons (Fsp3) is 0.667. The van der Waals surface area contributed by atoms with Gasteiger partial charge in [-0.05, 0) is 6.92 Å². The topological polar surface area (TPSA) is 35.5 Å². The molecule has 3 nitrogen and oxygen atoms in total. The summed E-state index contributed by atoms with van der Waals surface area (Å²) < 4.78 is 19.2. The molecule has 4 heteroatoms. The van der Waals surface area contributed by atoms with Gasteiger partial charge in [0.05, 0.1) is 13.2 Å². The number of ether oxygens (including phenoxy) is 1. The van der Waals surface area contributed by atoms with Crippen molar-refractivity contribution in [1.82, 2.24) is 0 Å². The summed E-state index contributed by atoms with van der Waals surface area (Å²) in [5, 5.41) is 0. The molecule has 0 aliphatic rings. The molecule has 0 atom stereocenters. The van der Waals surface area contributed by atoms with E-state index in [4.69, 9.17) is 4.74 Å². The second-order valence-corrected chi connectivity index (χ2v) is 1.91. The van der Waals surface area contributed by atoms with Crippen LogP contribution in [0.2, 0.25) is 0 Å². The van der Waals surface area contributed by atoms with Crippen LogP contribution in [-0.4, -0.2) is 19.8 Å². The summed E-state index contributed by atoms with van der Waals surface area (Å²) >= 11 is 0. The molecule has 0 spiro atoms. The van der Waals surface area contributed by atoms with Gasteiger partial charge in [0.25, 0.3) is 0 Å². The van der Waals surface area contributed by atoms with E-state index in [0.717, 1.165) is 0 Å². The molecule has 0 bridgehead atoms. The van der Waals surface area contributed by atoms with Crippen LogP contribution in [0.3, 0.4) is 0 Å². The van der Waals surface area contributed by atoms with Crippen LogP contribution >= 0.6 is 8.69 Å². The average Bonchev–Trinajstić information content (AvgIpc) is 1.97. The summed E-state index contributed by atoms with van der Waals surface area (Å²) in [5.41, 5.74) is 0. The highest BCUT2D eigenvalue weighted by molar-refractivity contribution is 7.17. The Morgan fingerprint density at radius 1 is 1.40 bits per heavy atom. The Labute approximate surface area is 62.3 Å². The summed E-state index contributed by atoms with van der Waals surface area (Å²) in [7, 11) is -0.274. The summed E-state index contributed by atoms with van der Waals surface area (Å²) in [6, 6.07) is 0. The molecule has 0 unspecified atom stereocenters. The third-order valence-electron chi connectivity index (χ3n) is 0.808. The molecular formula is C6H11O3P. The molecule has 0 N–H and O–H groups in total. The molecule has 0 radical (unpaired) electrons. The standard InChI is InChI=1S/C6H11O3P/c1-2-8-5-3-4-6-9-10-7/h3-4H,2,5-6H2,1H3. The van der Waals surface area contributed by atoms with E-state index in [0.29, 0.717) is 19.8 Å². The average molecular weight is 162 g/mol.